The lowest BCUT2D eigenvalue weighted by Crippen LogP contribution is -2.38. The van der Waals surface area contributed by atoms with Crippen LogP contribution < -0.4 is 9.64 Å². The summed E-state index contributed by atoms with van der Waals surface area (Å²) in [6, 6.07) is 17.9. The first kappa shape index (κ1) is 22.1. The van der Waals surface area contributed by atoms with Gasteiger partial charge in [0.25, 0.3) is 0 Å². The third-order valence-corrected chi connectivity index (χ3v) is 5.58. The van der Waals surface area contributed by atoms with Gasteiger partial charge in [0.15, 0.2) is 0 Å². The smallest absolute Gasteiger partial charge is 0.406 e. The Bertz CT molecular complexity index is 1100. The minimum absolute atomic E-state index is 0.239. The van der Waals surface area contributed by atoms with E-state index in [-0.39, 0.29) is 17.6 Å². The van der Waals surface area contributed by atoms with Crippen LogP contribution in [0.1, 0.15) is 30.5 Å². The monoisotopic (exact) mass is 445 g/mol. The summed E-state index contributed by atoms with van der Waals surface area (Å²) in [5, 5.41) is 10.2. The number of rotatable bonds is 5. The first-order valence-corrected chi connectivity index (χ1v) is 10.4. The molecule has 0 aliphatic carbocycles. The Hall–Kier alpha value is -3.06. The molecule has 2 atom stereocenters. The minimum Gasteiger partial charge on any atom is -0.406 e. The number of halogens is 4. The fourth-order valence-corrected chi connectivity index (χ4v) is 4.41. The molecule has 4 rings (SSSR count). The molecule has 0 saturated carbocycles. The van der Waals surface area contributed by atoms with Crippen LogP contribution in [0.3, 0.4) is 0 Å². The van der Waals surface area contributed by atoms with Crippen LogP contribution in [0.2, 0.25) is 0 Å². The lowest BCUT2D eigenvalue weighted by Gasteiger charge is -2.41. The molecule has 1 heterocycles. The van der Waals surface area contributed by atoms with Gasteiger partial charge in [0.1, 0.15) is 11.6 Å². The Morgan fingerprint density at radius 3 is 2.53 bits per heavy atom. The number of benzene rings is 3. The highest BCUT2D eigenvalue weighted by atomic mass is 19.4. The number of ether oxygens (including phenoxy) is 1. The van der Waals surface area contributed by atoms with Crippen LogP contribution in [0.25, 0.3) is 11.1 Å². The average Bonchev–Trinajstić information content (AvgIpc) is 2.72. The number of anilines is 1. The van der Waals surface area contributed by atoms with Gasteiger partial charge < -0.3 is 14.7 Å². The molecular formula is C25H23F4NO2. The van der Waals surface area contributed by atoms with Gasteiger partial charge in [0.2, 0.25) is 0 Å². The zero-order valence-electron chi connectivity index (χ0n) is 17.4. The van der Waals surface area contributed by atoms with Crippen LogP contribution in [-0.4, -0.2) is 24.1 Å². The molecule has 1 aliphatic heterocycles. The number of alkyl halides is 3. The van der Waals surface area contributed by atoms with Gasteiger partial charge in [-0.2, -0.15) is 0 Å². The Kier molecular flexibility index (Phi) is 6.11. The van der Waals surface area contributed by atoms with Crippen molar-refractivity contribution >= 4 is 5.69 Å². The van der Waals surface area contributed by atoms with Crippen LogP contribution in [0, 0.1) is 5.82 Å². The number of nitrogens with zero attached hydrogens (tertiary/aromatic N) is 1. The summed E-state index contributed by atoms with van der Waals surface area (Å²) in [6.07, 6.45) is -4.14. The molecule has 0 amide bonds. The molecule has 0 saturated heterocycles. The Balaban J connectivity index is 1.75. The highest BCUT2D eigenvalue weighted by Crippen LogP contribution is 2.43. The van der Waals surface area contributed by atoms with Gasteiger partial charge in [0.05, 0.1) is 12.1 Å². The minimum atomic E-state index is -4.77. The predicted molar refractivity (Wildman–Crippen MR) is 115 cm³/mol. The van der Waals surface area contributed by atoms with Gasteiger partial charge in [0, 0.05) is 12.2 Å². The molecule has 1 N–H and O–H groups in total. The Morgan fingerprint density at radius 2 is 1.81 bits per heavy atom. The third-order valence-electron chi connectivity index (χ3n) is 5.58. The summed E-state index contributed by atoms with van der Waals surface area (Å²) in [6.45, 7) is 1.97. The van der Waals surface area contributed by atoms with Crippen LogP contribution in [0.4, 0.5) is 23.2 Å². The second kappa shape index (κ2) is 8.82. The normalized spacial score (nSPS) is 17.1. The Morgan fingerprint density at radius 1 is 1.06 bits per heavy atom. The summed E-state index contributed by atoms with van der Waals surface area (Å²) in [5.41, 5.74) is 4.25. The van der Waals surface area contributed by atoms with Gasteiger partial charge >= 0.3 is 6.36 Å². The van der Waals surface area contributed by atoms with Gasteiger partial charge in [-0.15, -0.1) is 13.2 Å². The summed E-state index contributed by atoms with van der Waals surface area (Å²) in [7, 11) is 0. The van der Waals surface area contributed by atoms with E-state index >= 15 is 0 Å². The van der Waals surface area contributed by atoms with Crippen LogP contribution in [0.15, 0.2) is 66.7 Å². The number of aliphatic hydroxyl groups is 1. The molecule has 0 spiro atoms. The summed E-state index contributed by atoms with van der Waals surface area (Å²) in [5.74, 6) is -0.595. The van der Waals surface area contributed by atoms with E-state index in [0.717, 1.165) is 22.4 Å². The lowest BCUT2D eigenvalue weighted by molar-refractivity contribution is -0.274. The molecule has 3 aromatic rings. The molecule has 0 bridgehead atoms. The lowest BCUT2D eigenvalue weighted by atomic mass is 9.86. The van der Waals surface area contributed by atoms with Crippen molar-refractivity contribution in [2.24, 2.45) is 0 Å². The molecular weight excluding hydrogens is 422 g/mol. The van der Waals surface area contributed by atoms with Gasteiger partial charge in [-0.05, 0) is 72.4 Å². The molecule has 7 heteroatoms. The van der Waals surface area contributed by atoms with E-state index < -0.39 is 12.5 Å². The highest BCUT2D eigenvalue weighted by Gasteiger charge is 2.33. The summed E-state index contributed by atoms with van der Waals surface area (Å²) >= 11 is 0. The number of hydrogen-bond acceptors (Lipinski definition) is 3. The molecule has 32 heavy (non-hydrogen) atoms. The van der Waals surface area contributed by atoms with E-state index in [1.807, 2.05) is 29.2 Å². The Labute approximate surface area is 183 Å². The predicted octanol–water partition coefficient (Wildman–Crippen LogP) is 6.27. The number of β-amino-alcohol motifs (C(OH)–C–C–N with tert-alkyl or cyclic N) is 1. The van der Waals surface area contributed by atoms with Gasteiger partial charge in [-0.3, -0.25) is 0 Å². The maximum absolute atomic E-state index is 13.8. The molecule has 168 valence electrons. The maximum atomic E-state index is 13.8. The summed E-state index contributed by atoms with van der Waals surface area (Å²) < 4.78 is 56.0. The van der Waals surface area contributed by atoms with E-state index in [1.54, 1.807) is 19.1 Å². The topological polar surface area (TPSA) is 32.7 Å². The molecule has 0 unspecified atom stereocenters. The molecule has 0 radical (unpaired) electrons. The third kappa shape index (κ3) is 4.88. The fourth-order valence-electron chi connectivity index (χ4n) is 4.41. The standard InChI is InChI=1S/C25H23F4NO2/c1-16(31)15-30-23(18-6-3-8-20(14-18)32-25(27,28)29)12-11-22-21(9-4-10-24(22)30)17-5-2-7-19(26)13-17/h2-10,13-14,16,23,31H,11-12,15H2,1H3/t16-,23+/m1/s1. The van der Waals surface area contributed by atoms with Crippen molar-refractivity contribution in [3.8, 4) is 16.9 Å². The van der Waals surface area contributed by atoms with Crippen molar-refractivity contribution < 1.29 is 27.4 Å². The van der Waals surface area contributed by atoms with Crippen molar-refractivity contribution in [3.05, 3.63) is 83.7 Å². The quantitative estimate of drug-likeness (QED) is 0.470. The highest BCUT2D eigenvalue weighted by molar-refractivity contribution is 5.76. The molecule has 1 aliphatic rings. The zero-order valence-corrected chi connectivity index (χ0v) is 17.4. The maximum Gasteiger partial charge on any atom is 0.573 e. The average molecular weight is 445 g/mol. The molecule has 0 fully saturated rings. The van der Waals surface area contributed by atoms with Crippen molar-refractivity contribution in [3.63, 3.8) is 0 Å². The largest absolute Gasteiger partial charge is 0.573 e. The zero-order chi connectivity index (χ0) is 22.9. The van der Waals surface area contributed by atoms with Crippen molar-refractivity contribution in [2.75, 3.05) is 11.4 Å². The second-order valence-corrected chi connectivity index (χ2v) is 7.99. The SMILES string of the molecule is C[C@@H](O)CN1c2cccc(-c3cccc(F)c3)c2CC[C@H]1c1cccc(OC(F)(F)F)c1. The molecule has 0 aromatic heterocycles. The van der Waals surface area contributed by atoms with Crippen LogP contribution in [-0.2, 0) is 6.42 Å². The van der Waals surface area contributed by atoms with Crippen molar-refractivity contribution in [1.29, 1.82) is 0 Å². The molecule has 3 nitrogen and oxygen atoms in total. The fraction of sp³-hybridized carbons (Fsp3) is 0.280. The number of aliphatic hydroxyl groups excluding tert-OH is 1. The van der Waals surface area contributed by atoms with Crippen molar-refractivity contribution in [2.45, 2.75) is 38.3 Å². The van der Waals surface area contributed by atoms with Crippen LogP contribution >= 0.6 is 0 Å². The van der Waals surface area contributed by atoms with Crippen molar-refractivity contribution in [1.82, 2.24) is 0 Å². The second-order valence-electron chi connectivity index (χ2n) is 7.99. The number of hydrogen-bond donors (Lipinski definition) is 1. The van der Waals surface area contributed by atoms with Gasteiger partial charge in [-0.25, -0.2) is 4.39 Å². The van der Waals surface area contributed by atoms with E-state index in [1.165, 1.54) is 30.3 Å². The van der Waals surface area contributed by atoms with E-state index in [2.05, 4.69) is 4.74 Å². The molecule has 3 aromatic carbocycles. The van der Waals surface area contributed by atoms with Crippen LogP contribution in [0.5, 0.6) is 5.75 Å². The first-order chi connectivity index (χ1) is 15.2. The van der Waals surface area contributed by atoms with Gasteiger partial charge in [-0.1, -0.05) is 36.4 Å². The van der Waals surface area contributed by atoms with E-state index in [4.69, 9.17) is 0 Å². The van der Waals surface area contributed by atoms with E-state index in [9.17, 15) is 22.7 Å². The first-order valence-electron chi connectivity index (χ1n) is 10.4. The summed E-state index contributed by atoms with van der Waals surface area (Å²) in [4.78, 5) is 2.01. The van der Waals surface area contributed by atoms with E-state index in [0.29, 0.717) is 24.9 Å². The number of fused-ring (bicyclic) bond motifs is 1.